The lowest BCUT2D eigenvalue weighted by molar-refractivity contribution is 0.609. The average molecular weight is 255 g/mol. The molecule has 0 unspecified atom stereocenters. The van der Waals surface area contributed by atoms with Crippen LogP contribution in [0.3, 0.4) is 0 Å². The highest BCUT2D eigenvalue weighted by molar-refractivity contribution is 5.85. The van der Waals surface area contributed by atoms with Crippen LogP contribution in [-0.4, -0.2) is 14.3 Å². The molecule has 0 aromatic carbocycles. The molecule has 94 valence electrons. The van der Waals surface area contributed by atoms with Gasteiger partial charge in [-0.15, -0.1) is 12.4 Å². The van der Waals surface area contributed by atoms with Crippen molar-refractivity contribution in [2.24, 2.45) is 7.05 Å². The summed E-state index contributed by atoms with van der Waals surface area (Å²) in [6.45, 7) is 4.71. The molecule has 2 rings (SSSR count). The zero-order chi connectivity index (χ0) is 11.4. The van der Waals surface area contributed by atoms with Crippen molar-refractivity contribution in [3.05, 3.63) is 42.0 Å². The van der Waals surface area contributed by atoms with E-state index in [1.54, 1.807) is 0 Å². The number of halogens is 1. The van der Waals surface area contributed by atoms with Crippen LogP contribution in [0.1, 0.15) is 18.3 Å². The maximum absolute atomic E-state index is 4.42. The molecule has 1 N–H and O–H groups in total. The highest BCUT2D eigenvalue weighted by Gasteiger charge is 1.99. The standard InChI is InChI=1S/C12H18N4.ClH/c1-3-16-8-6-11(14-16)9-13-10-12-5-4-7-15(12)2;/h4-8,13H,3,9-10H2,1-2H3;1H. The molecule has 0 saturated heterocycles. The van der Waals surface area contributed by atoms with Gasteiger partial charge < -0.3 is 9.88 Å². The molecule has 0 atom stereocenters. The van der Waals surface area contributed by atoms with E-state index in [-0.39, 0.29) is 12.4 Å². The molecule has 0 spiro atoms. The predicted molar refractivity (Wildman–Crippen MR) is 71.1 cm³/mol. The Bertz CT molecular complexity index is 447. The molecule has 5 heteroatoms. The molecular formula is C12H19ClN4. The van der Waals surface area contributed by atoms with Crippen molar-refractivity contribution in [2.75, 3.05) is 0 Å². The van der Waals surface area contributed by atoms with Crippen LogP contribution in [0.2, 0.25) is 0 Å². The van der Waals surface area contributed by atoms with Gasteiger partial charge in [0.05, 0.1) is 5.69 Å². The molecule has 0 aliphatic heterocycles. The first-order valence-corrected chi connectivity index (χ1v) is 5.63. The Kier molecular flexibility index (Phi) is 5.25. The van der Waals surface area contributed by atoms with Crippen molar-refractivity contribution in [3.8, 4) is 0 Å². The summed E-state index contributed by atoms with van der Waals surface area (Å²) >= 11 is 0. The average Bonchev–Trinajstić information content (AvgIpc) is 2.89. The van der Waals surface area contributed by atoms with Gasteiger partial charge in [0.1, 0.15) is 0 Å². The van der Waals surface area contributed by atoms with E-state index in [1.165, 1.54) is 5.69 Å². The minimum Gasteiger partial charge on any atom is -0.353 e. The van der Waals surface area contributed by atoms with Crippen LogP contribution in [0.4, 0.5) is 0 Å². The summed E-state index contributed by atoms with van der Waals surface area (Å²) in [4.78, 5) is 0. The van der Waals surface area contributed by atoms with E-state index in [2.05, 4.69) is 53.3 Å². The smallest absolute Gasteiger partial charge is 0.0762 e. The van der Waals surface area contributed by atoms with E-state index in [9.17, 15) is 0 Å². The second kappa shape index (κ2) is 6.47. The molecule has 2 heterocycles. The van der Waals surface area contributed by atoms with Crippen molar-refractivity contribution < 1.29 is 0 Å². The van der Waals surface area contributed by atoms with Gasteiger partial charge in [-0.3, -0.25) is 4.68 Å². The lowest BCUT2D eigenvalue weighted by Gasteiger charge is -2.04. The molecule has 2 aromatic rings. The van der Waals surface area contributed by atoms with Crippen LogP contribution < -0.4 is 5.32 Å². The highest BCUT2D eigenvalue weighted by Crippen LogP contribution is 2.00. The van der Waals surface area contributed by atoms with Gasteiger partial charge in [-0.05, 0) is 25.1 Å². The molecule has 0 saturated carbocycles. The molecule has 0 aliphatic rings. The largest absolute Gasteiger partial charge is 0.353 e. The van der Waals surface area contributed by atoms with Gasteiger partial charge >= 0.3 is 0 Å². The second-order valence-corrected chi connectivity index (χ2v) is 3.88. The fourth-order valence-electron chi connectivity index (χ4n) is 1.67. The normalized spacial score (nSPS) is 10.2. The van der Waals surface area contributed by atoms with Gasteiger partial charge in [0, 0.05) is 44.8 Å². The monoisotopic (exact) mass is 254 g/mol. The fraction of sp³-hybridized carbons (Fsp3) is 0.417. The van der Waals surface area contributed by atoms with E-state index in [1.807, 2.05) is 10.9 Å². The Labute approximate surface area is 108 Å². The van der Waals surface area contributed by atoms with Crippen molar-refractivity contribution >= 4 is 12.4 Å². The molecule has 0 radical (unpaired) electrons. The van der Waals surface area contributed by atoms with Gasteiger partial charge in [0.25, 0.3) is 0 Å². The number of nitrogens with one attached hydrogen (secondary N) is 1. The molecule has 0 bridgehead atoms. The molecule has 0 fully saturated rings. The summed E-state index contributed by atoms with van der Waals surface area (Å²) in [5, 5.41) is 7.80. The van der Waals surface area contributed by atoms with Gasteiger partial charge in [-0.1, -0.05) is 0 Å². The maximum Gasteiger partial charge on any atom is 0.0762 e. The van der Waals surface area contributed by atoms with E-state index in [4.69, 9.17) is 0 Å². The van der Waals surface area contributed by atoms with E-state index in [0.717, 1.165) is 25.3 Å². The molecule has 4 nitrogen and oxygen atoms in total. The zero-order valence-corrected chi connectivity index (χ0v) is 11.1. The molecule has 0 aliphatic carbocycles. The van der Waals surface area contributed by atoms with Crippen LogP contribution in [0.25, 0.3) is 0 Å². The first-order chi connectivity index (χ1) is 7.79. The third kappa shape index (κ3) is 3.61. The second-order valence-electron chi connectivity index (χ2n) is 3.88. The zero-order valence-electron chi connectivity index (χ0n) is 10.3. The van der Waals surface area contributed by atoms with Crippen molar-refractivity contribution in [2.45, 2.75) is 26.6 Å². The molecule has 2 aromatic heterocycles. The quantitative estimate of drug-likeness (QED) is 0.885. The molecule has 0 amide bonds. The third-order valence-corrected chi connectivity index (χ3v) is 2.68. The number of rotatable bonds is 5. The Morgan fingerprint density at radius 1 is 1.24 bits per heavy atom. The lowest BCUT2D eigenvalue weighted by atomic mass is 10.4. The summed E-state index contributed by atoms with van der Waals surface area (Å²) in [6.07, 6.45) is 4.07. The fourth-order valence-corrected chi connectivity index (χ4v) is 1.67. The SMILES string of the molecule is CCn1ccc(CNCc2cccn2C)n1.Cl. The summed E-state index contributed by atoms with van der Waals surface area (Å²) < 4.78 is 4.07. The minimum absolute atomic E-state index is 0. The Morgan fingerprint density at radius 3 is 2.65 bits per heavy atom. The van der Waals surface area contributed by atoms with Gasteiger partial charge in [0.15, 0.2) is 0 Å². The highest BCUT2D eigenvalue weighted by atomic mass is 35.5. The Balaban J connectivity index is 0.00000144. The molecule has 17 heavy (non-hydrogen) atoms. The molecular weight excluding hydrogens is 236 g/mol. The summed E-state index contributed by atoms with van der Waals surface area (Å²) in [6, 6.07) is 6.24. The number of nitrogens with zero attached hydrogens (tertiary/aromatic N) is 3. The van der Waals surface area contributed by atoms with Crippen LogP contribution >= 0.6 is 12.4 Å². The number of hydrogen-bond donors (Lipinski definition) is 1. The van der Waals surface area contributed by atoms with E-state index in [0.29, 0.717) is 0 Å². The van der Waals surface area contributed by atoms with Crippen molar-refractivity contribution in [1.82, 2.24) is 19.7 Å². The Morgan fingerprint density at radius 2 is 2.06 bits per heavy atom. The van der Waals surface area contributed by atoms with Crippen LogP contribution in [-0.2, 0) is 26.7 Å². The summed E-state index contributed by atoms with van der Waals surface area (Å²) in [5.41, 5.74) is 2.38. The topological polar surface area (TPSA) is 34.8 Å². The first-order valence-electron chi connectivity index (χ1n) is 5.63. The maximum atomic E-state index is 4.42. The van der Waals surface area contributed by atoms with Crippen LogP contribution in [0, 0.1) is 0 Å². The lowest BCUT2D eigenvalue weighted by Crippen LogP contribution is -2.15. The van der Waals surface area contributed by atoms with Gasteiger partial charge in [-0.25, -0.2) is 0 Å². The van der Waals surface area contributed by atoms with Crippen LogP contribution in [0.5, 0.6) is 0 Å². The van der Waals surface area contributed by atoms with Crippen molar-refractivity contribution in [1.29, 1.82) is 0 Å². The van der Waals surface area contributed by atoms with E-state index >= 15 is 0 Å². The predicted octanol–water partition coefficient (Wildman–Crippen LogP) is 1.95. The Hall–Kier alpha value is -1.26. The summed E-state index contributed by atoms with van der Waals surface area (Å²) in [5.74, 6) is 0. The minimum atomic E-state index is 0. The number of aromatic nitrogens is 3. The summed E-state index contributed by atoms with van der Waals surface area (Å²) in [7, 11) is 2.06. The first kappa shape index (κ1) is 13.8. The number of aryl methyl sites for hydroxylation is 2. The number of hydrogen-bond acceptors (Lipinski definition) is 2. The van der Waals surface area contributed by atoms with Gasteiger partial charge in [0.2, 0.25) is 0 Å². The third-order valence-electron chi connectivity index (χ3n) is 2.68. The van der Waals surface area contributed by atoms with Crippen molar-refractivity contribution in [3.63, 3.8) is 0 Å². The van der Waals surface area contributed by atoms with Gasteiger partial charge in [-0.2, -0.15) is 5.10 Å². The van der Waals surface area contributed by atoms with Crippen LogP contribution in [0.15, 0.2) is 30.6 Å². The van der Waals surface area contributed by atoms with E-state index < -0.39 is 0 Å².